The van der Waals surface area contributed by atoms with Crippen molar-refractivity contribution in [3.63, 3.8) is 0 Å². The second-order valence-corrected chi connectivity index (χ2v) is 5.92. The van der Waals surface area contributed by atoms with Gasteiger partial charge in [-0.2, -0.15) is 0 Å². The van der Waals surface area contributed by atoms with Crippen molar-refractivity contribution in [1.29, 1.82) is 0 Å². The lowest BCUT2D eigenvalue weighted by Crippen LogP contribution is -2.49. The fourth-order valence-corrected chi connectivity index (χ4v) is 3.29. The second-order valence-electron chi connectivity index (χ2n) is 5.92. The largest absolute Gasteiger partial charge is 0.390 e. The van der Waals surface area contributed by atoms with Crippen LogP contribution < -0.4 is 0 Å². The molecule has 3 atom stereocenters. The first-order valence-electron chi connectivity index (χ1n) is 7.29. The molecule has 2 aliphatic rings. The summed E-state index contributed by atoms with van der Waals surface area (Å²) in [6, 6.07) is 1.11. The van der Waals surface area contributed by atoms with E-state index >= 15 is 0 Å². The molecule has 4 heteroatoms. The number of carbonyl (C=O) groups is 1. The summed E-state index contributed by atoms with van der Waals surface area (Å²) in [4.78, 5) is 15.7. The highest BCUT2D eigenvalue weighted by Crippen LogP contribution is 2.22. The van der Waals surface area contributed by atoms with Crippen LogP contribution in [0.3, 0.4) is 0 Å². The molecule has 2 heterocycles. The van der Waals surface area contributed by atoms with E-state index in [1.807, 2.05) is 4.90 Å². The molecule has 2 rings (SSSR count). The van der Waals surface area contributed by atoms with Crippen LogP contribution in [0.2, 0.25) is 0 Å². The van der Waals surface area contributed by atoms with Gasteiger partial charge in [-0.1, -0.05) is 6.42 Å². The molecule has 0 bridgehead atoms. The van der Waals surface area contributed by atoms with E-state index in [-0.39, 0.29) is 5.91 Å². The highest BCUT2D eigenvalue weighted by atomic mass is 16.3. The maximum Gasteiger partial charge on any atom is 0.222 e. The summed E-state index contributed by atoms with van der Waals surface area (Å²) in [6.45, 7) is 6.51. The van der Waals surface area contributed by atoms with E-state index in [1.165, 1.54) is 19.3 Å². The van der Waals surface area contributed by atoms with Crippen LogP contribution in [0.4, 0.5) is 0 Å². The van der Waals surface area contributed by atoms with Crippen molar-refractivity contribution in [2.24, 2.45) is 0 Å². The molecule has 0 aliphatic carbocycles. The molecule has 2 fully saturated rings. The van der Waals surface area contributed by atoms with Crippen molar-refractivity contribution in [2.75, 3.05) is 19.6 Å². The van der Waals surface area contributed by atoms with Crippen molar-refractivity contribution in [1.82, 2.24) is 9.80 Å². The highest BCUT2D eigenvalue weighted by Gasteiger charge is 2.28. The zero-order chi connectivity index (χ0) is 13.1. The number of piperidine rings is 1. The van der Waals surface area contributed by atoms with Crippen LogP contribution in [-0.4, -0.2) is 58.6 Å². The molecule has 0 spiro atoms. The minimum absolute atomic E-state index is 0.203. The maximum absolute atomic E-state index is 11.5. The molecule has 18 heavy (non-hydrogen) atoms. The number of nitrogens with zero attached hydrogens (tertiary/aromatic N) is 2. The summed E-state index contributed by atoms with van der Waals surface area (Å²) < 4.78 is 0. The summed E-state index contributed by atoms with van der Waals surface area (Å²) in [5.41, 5.74) is 0. The summed E-state index contributed by atoms with van der Waals surface area (Å²) in [7, 11) is 0. The lowest BCUT2D eigenvalue weighted by atomic mass is 9.97. The Balaban J connectivity index is 1.82. The molecule has 104 valence electrons. The second kappa shape index (κ2) is 6.02. The van der Waals surface area contributed by atoms with Crippen LogP contribution in [0.5, 0.6) is 0 Å². The fraction of sp³-hybridized carbons (Fsp3) is 0.929. The first-order chi connectivity index (χ1) is 8.58. The van der Waals surface area contributed by atoms with Crippen molar-refractivity contribution < 1.29 is 9.90 Å². The number of carbonyl (C=O) groups excluding carboxylic acids is 1. The van der Waals surface area contributed by atoms with Gasteiger partial charge >= 0.3 is 0 Å². The van der Waals surface area contributed by atoms with Crippen LogP contribution in [-0.2, 0) is 4.79 Å². The van der Waals surface area contributed by atoms with Crippen molar-refractivity contribution >= 4 is 5.91 Å². The lowest BCUT2D eigenvalue weighted by molar-refractivity contribution is -0.129. The third-order valence-electron chi connectivity index (χ3n) is 4.40. The van der Waals surface area contributed by atoms with Gasteiger partial charge < -0.3 is 10.0 Å². The summed E-state index contributed by atoms with van der Waals surface area (Å²) in [5, 5.41) is 10.2. The minimum atomic E-state index is -0.407. The van der Waals surface area contributed by atoms with Crippen molar-refractivity contribution in [3.05, 3.63) is 0 Å². The Kier molecular flexibility index (Phi) is 4.62. The molecule has 0 radical (unpaired) electrons. The molecule has 2 saturated heterocycles. The van der Waals surface area contributed by atoms with Gasteiger partial charge in [-0.05, 0) is 33.1 Å². The summed E-state index contributed by atoms with van der Waals surface area (Å²) in [6.07, 6.45) is 4.93. The van der Waals surface area contributed by atoms with Gasteiger partial charge in [-0.15, -0.1) is 0 Å². The average molecular weight is 254 g/mol. The van der Waals surface area contributed by atoms with Gasteiger partial charge in [0, 0.05) is 38.1 Å². The monoisotopic (exact) mass is 254 g/mol. The lowest BCUT2D eigenvalue weighted by Gasteiger charge is -2.40. The van der Waals surface area contributed by atoms with Crippen LogP contribution in [0, 0.1) is 0 Å². The van der Waals surface area contributed by atoms with Gasteiger partial charge in [0.25, 0.3) is 0 Å². The minimum Gasteiger partial charge on any atom is -0.390 e. The molecule has 2 aliphatic heterocycles. The first-order valence-corrected chi connectivity index (χ1v) is 7.29. The van der Waals surface area contributed by atoms with Gasteiger partial charge in [0.05, 0.1) is 6.10 Å². The van der Waals surface area contributed by atoms with Crippen molar-refractivity contribution in [3.8, 4) is 0 Å². The van der Waals surface area contributed by atoms with E-state index < -0.39 is 6.10 Å². The molecule has 0 aromatic heterocycles. The van der Waals surface area contributed by atoms with Gasteiger partial charge in [-0.3, -0.25) is 9.69 Å². The van der Waals surface area contributed by atoms with E-state index in [0.717, 1.165) is 13.0 Å². The maximum atomic E-state index is 11.5. The predicted molar refractivity (Wildman–Crippen MR) is 71.3 cm³/mol. The Bertz CT molecular complexity index is 286. The number of β-amino-alcohol motifs (C(OH)–C–C–N with tert-alkyl or cyclic N) is 1. The van der Waals surface area contributed by atoms with Crippen LogP contribution in [0.1, 0.15) is 46.0 Å². The zero-order valence-electron chi connectivity index (χ0n) is 11.6. The number of hydrogen-bond acceptors (Lipinski definition) is 3. The molecule has 1 amide bonds. The quantitative estimate of drug-likeness (QED) is 0.820. The standard InChI is InChI=1S/C14H26N2O2/c1-11-5-3-6-12(2)16(11)10-13(17)9-15-8-4-7-14(15)18/h11-13,17H,3-10H2,1-2H3. The van der Waals surface area contributed by atoms with E-state index in [4.69, 9.17) is 0 Å². The zero-order valence-corrected chi connectivity index (χ0v) is 11.6. The average Bonchev–Trinajstić information content (AvgIpc) is 2.70. The topological polar surface area (TPSA) is 43.8 Å². The predicted octanol–water partition coefficient (Wildman–Crippen LogP) is 1.23. The van der Waals surface area contributed by atoms with Crippen LogP contribution in [0.15, 0.2) is 0 Å². The molecule has 0 aromatic rings. The first kappa shape index (κ1) is 13.8. The molecule has 0 aromatic carbocycles. The number of rotatable bonds is 4. The molecule has 1 N–H and O–H groups in total. The number of likely N-dealkylation sites (tertiary alicyclic amines) is 2. The number of amides is 1. The Morgan fingerprint density at radius 3 is 2.44 bits per heavy atom. The van der Waals surface area contributed by atoms with Gasteiger partial charge in [0.1, 0.15) is 0 Å². The van der Waals surface area contributed by atoms with Crippen LogP contribution >= 0.6 is 0 Å². The van der Waals surface area contributed by atoms with E-state index in [2.05, 4.69) is 18.7 Å². The van der Waals surface area contributed by atoms with Gasteiger partial charge in [0.2, 0.25) is 5.91 Å². The highest BCUT2D eigenvalue weighted by molar-refractivity contribution is 5.78. The summed E-state index contributed by atoms with van der Waals surface area (Å²) in [5.74, 6) is 0.203. The van der Waals surface area contributed by atoms with E-state index in [0.29, 0.717) is 31.6 Å². The molecule has 0 saturated carbocycles. The summed E-state index contributed by atoms with van der Waals surface area (Å²) >= 11 is 0. The normalized spacial score (nSPS) is 31.9. The molecule has 3 unspecified atom stereocenters. The van der Waals surface area contributed by atoms with E-state index in [9.17, 15) is 9.90 Å². The van der Waals surface area contributed by atoms with E-state index in [1.54, 1.807) is 0 Å². The Morgan fingerprint density at radius 2 is 1.89 bits per heavy atom. The number of aliphatic hydroxyl groups excluding tert-OH is 1. The Morgan fingerprint density at radius 1 is 1.22 bits per heavy atom. The molecule has 4 nitrogen and oxygen atoms in total. The SMILES string of the molecule is CC1CCCC(C)N1CC(O)CN1CCCC1=O. The molecular formula is C14H26N2O2. The van der Waals surface area contributed by atoms with Gasteiger partial charge in [0.15, 0.2) is 0 Å². The van der Waals surface area contributed by atoms with Crippen LogP contribution in [0.25, 0.3) is 0 Å². The van der Waals surface area contributed by atoms with Gasteiger partial charge in [-0.25, -0.2) is 0 Å². The number of hydrogen-bond donors (Lipinski definition) is 1. The Labute approximate surface area is 110 Å². The Hall–Kier alpha value is -0.610. The smallest absolute Gasteiger partial charge is 0.222 e. The number of aliphatic hydroxyl groups is 1. The van der Waals surface area contributed by atoms with Crippen molar-refractivity contribution in [2.45, 2.75) is 64.1 Å². The third kappa shape index (κ3) is 3.23. The fourth-order valence-electron chi connectivity index (χ4n) is 3.29. The third-order valence-corrected chi connectivity index (χ3v) is 4.40. The molecular weight excluding hydrogens is 228 g/mol.